The number of aromatic nitrogens is 1. The van der Waals surface area contributed by atoms with Gasteiger partial charge in [0.15, 0.2) is 0 Å². The van der Waals surface area contributed by atoms with E-state index in [0.717, 1.165) is 0 Å². The van der Waals surface area contributed by atoms with Gasteiger partial charge in [-0.1, -0.05) is 78.9 Å². The second-order valence-electron chi connectivity index (χ2n) is 9.33. The van der Waals surface area contributed by atoms with Crippen LogP contribution in [0, 0.1) is 0 Å². The van der Waals surface area contributed by atoms with Gasteiger partial charge in [-0.15, -0.1) is 11.3 Å². The molecular weight excluding hydrogens is 431 g/mol. The molecule has 0 atom stereocenters. The molecule has 34 heavy (non-hydrogen) atoms. The lowest BCUT2D eigenvalue weighted by Gasteiger charge is -2.35. The lowest BCUT2D eigenvalue weighted by Crippen LogP contribution is -2.51. The van der Waals surface area contributed by atoms with Crippen LogP contribution in [0.3, 0.4) is 0 Å². The first-order valence-electron chi connectivity index (χ1n) is 11.7. The zero-order valence-corrected chi connectivity index (χ0v) is 19.0. The van der Waals surface area contributed by atoms with Crippen molar-refractivity contribution < 1.29 is 0 Å². The monoisotopic (exact) mass is 448 g/mol. The van der Waals surface area contributed by atoms with Crippen LogP contribution in [0.25, 0.3) is 53.1 Å². The molecule has 0 fully saturated rings. The number of thiophene rings is 1. The van der Waals surface area contributed by atoms with Crippen molar-refractivity contribution in [3.8, 4) is 11.1 Å². The third-order valence-electron chi connectivity index (χ3n) is 7.75. The average Bonchev–Trinajstić information content (AvgIpc) is 3.55. The van der Waals surface area contributed by atoms with E-state index in [9.17, 15) is 0 Å². The maximum atomic E-state index is 2.58. The summed E-state index contributed by atoms with van der Waals surface area (Å²) in [6.07, 6.45) is 0. The van der Waals surface area contributed by atoms with E-state index >= 15 is 0 Å². The van der Waals surface area contributed by atoms with Crippen molar-refractivity contribution in [2.24, 2.45) is 0 Å². The van der Waals surface area contributed by atoms with E-state index in [4.69, 9.17) is 0 Å². The Bertz CT molecular complexity index is 2000. The lowest BCUT2D eigenvalue weighted by atomic mass is 9.60. The Morgan fingerprint density at radius 2 is 1.38 bits per heavy atom. The molecule has 7 aromatic rings. The highest BCUT2D eigenvalue weighted by atomic mass is 32.1. The zero-order valence-electron chi connectivity index (χ0n) is 18.2. The topological polar surface area (TPSA) is 8.17 Å². The summed E-state index contributed by atoms with van der Waals surface area (Å²) >= 11 is 1.92. The zero-order chi connectivity index (χ0) is 22.0. The molecule has 2 aromatic heterocycles. The number of fused-ring (bicyclic) bond motifs is 15. The molecule has 2 aliphatic rings. The van der Waals surface area contributed by atoms with Gasteiger partial charge in [-0.05, 0) is 35.3 Å². The van der Waals surface area contributed by atoms with Crippen LogP contribution >= 0.6 is 11.3 Å². The normalized spacial score (nSPS) is 13.8. The SMILES string of the molecule is c1ccc2c(c1)B1N(c3ccc4c(sc5ccccc54)c3-2)c2cccc3c4ccccc4n1c23. The van der Waals surface area contributed by atoms with Gasteiger partial charge >= 0.3 is 6.98 Å². The van der Waals surface area contributed by atoms with Crippen molar-refractivity contribution in [1.82, 2.24) is 4.48 Å². The smallest absolute Gasteiger partial charge is 0.359 e. The van der Waals surface area contributed by atoms with Gasteiger partial charge in [0.1, 0.15) is 0 Å². The summed E-state index contributed by atoms with van der Waals surface area (Å²) in [6.45, 7) is 0.121. The van der Waals surface area contributed by atoms with Gasteiger partial charge in [-0.3, -0.25) is 0 Å². The fourth-order valence-corrected chi connectivity index (χ4v) is 7.72. The van der Waals surface area contributed by atoms with Gasteiger partial charge in [0.25, 0.3) is 0 Å². The van der Waals surface area contributed by atoms with E-state index in [1.165, 1.54) is 69.9 Å². The maximum absolute atomic E-state index is 2.58. The third-order valence-corrected chi connectivity index (χ3v) is 8.95. The van der Waals surface area contributed by atoms with E-state index in [-0.39, 0.29) is 6.98 Å². The molecule has 0 radical (unpaired) electrons. The quantitative estimate of drug-likeness (QED) is 0.218. The third kappa shape index (κ3) is 1.88. The Morgan fingerprint density at radius 3 is 2.35 bits per heavy atom. The Balaban J connectivity index is 1.48. The van der Waals surface area contributed by atoms with Gasteiger partial charge < -0.3 is 9.29 Å². The standard InChI is InChI=1S/C30H17BN2S/c1-4-12-23-22(10-1)28-25(17-16-21-19-9-3-6-15-27(19)34-30(21)28)32-26-14-7-11-20-18-8-2-5-13-24(18)33(29(20)26)31(23)32/h1-17H. The number of nitrogens with zero attached hydrogens (tertiary/aromatic N) is 2. The summed E-state index contributed by atoms with van der Waals surface area (Å²) in [5, 5.41) is 5.38. The van der Waals surface area contributed by atoms with E-state index in [2.05, 4.69) is 112 Å². The van der Waals surface area contributed by atoms with Crippen molar-refractivity contribution in [2.75, 3.05) is 4.81 Å². The van der Waals surface area contributed by atoms with Crippen molar-refractivity contribution in [1.29, 1.82) is 0 Å². The highest BCUT2D eigenvalue weighted by Crippen LogP contribution is 2.52. The molecule has 0 amide bonds. The molecule has 0 saturated heterocycles. The van der Waals surface area contributed by atoms with Crippen LogP contribution < -0.4 is 10.3 Å². The average molecular weight is 448 g/mol. The number of anilines is 2. The predicted octanol–water partition coefficient (Wildman–Crippen LogP) is 7.54. The fourth-order valence-electron chi connectivity index (χ4n) is 6.46. The molecular formula is C30H17BN2S. The highest BCUT2D eigenvalue weighted by Gasteiger charge is 2.45. The Kier molecular flexibility index (Phi) is 3.03. The molecule has 4 heterocycles. The molecule has 156 valence electrons. The maximum Gasteiger partial charge on any atom is 0.421 e. The summed E-state index contributed by atoms with van der Waals surface area (Å²) in [5.41, 5.74) is 9.36. The molecule has 0 spiro atoms. The van der Waals surface area contributed by atoms with Crippen LogP contribution in [0.5, 0.6) is 0 Å². The van der Waals surface area contributed by atoms with Crippen LogP contribution in [0.2, 0.25) is 0 Å². The summed E-state index contributed by atoms with van der Waals surface area (Å²) in [7, 11) is 0. The predicted molar refractivity (Wildman–Crippen MR) is 147 cm³/mol. The van der Waals surface area contributed by atoms with Crippen LogP contribution in [-0.4, -0.2) is 11.5 Å². The van der Waals surface area contributed by atoms with Gasteiger partial charge in [0.05, 0.1) is 11.2 Å². The molecule has 2 aliphatic heterocycles. The van der Waals surface area contributed by atoms with E-state index in [1.807, 2.05) is 11.3 Å². The van der Waals surface area contributed by atoms with Crippen molar-refractivity contribution in [2.45, 2.75) is 0 Å². The minimum Gasteiger partial charge on any atom is -0.359 e. The Labute approximate surface area is 200 Å². The fraction of sp³-hybridized carbons (Fsp3) is 0. The van der Waals surface area contributed by atoms with Gasteiger partial charge in [0, 0.05) is 47.7 Å². The summed E-state index contributed by atoms with van der Waals surface area (Å²) in [6, 6.07) is 38.2. The molecule has 2 nitrogen and oxygen atoms in total. The second-order valence-corrected chi connectivity index (χ2v) is 10.4. The molecule has 9 rings (SSSR count). The first-order chi connectivity index (χ1) is 16.9. The summed E-state index contributed by atoms with van der Waals surface area (Å²) in [4.78, 5) is 2.58. The largest absolute Gasteiger partial charge is 0.421 e. The molecule has 0 saturated carbocycles. The van der Waals surface area contributed by atoms with E-state index < -0.39 is 0 Å². The van der Waals surface area contributed by atoms with Crippen LogP contribution in [0.15, 0.2) is 103 Å². The van der Waals surface area contributed by atoms with Crippen LogP contribution in [-0.2, 0) is 0 Å². The number of hydrogen-bond acceptors (Lipinski definition) is 2. The number of rotatable bonds is 0. The van der Waals surface area contributed by atoms with Gasteiger partial charge in [-0.2, -0.15) is 0 Å². The van der Waals surface area contributed by atoms with Gasteiger partial charge in [0.2, 0.25) is 0 Å². The second kappa shape index (κ2) is 5.91. The van der Waals surface area contributed by atoms with Crippen LogP contribution in [0.4, 0.5) is 11.4 Å². The molecule has 5 aromatic carbocycles. The number of benzene rings is 5. The van der Waals surface area contributed by atoms with Gasteiger partial charge in [-0.25, -0.2) is 0 Å². The minimum atomic E-state index is 0.121. The molecule has 0 bridgehead atoms. The highest BCUT2D eigenvalue weighted by molar-refractivity contribution is 7.26. The summed E-state index contributed by atoms with van der Waals surface area (Å²) < 4.78 is 5.31. The summed E-state index contributed by atoms with van der Waals surface area (Å²) in [5.74, 6) is 0. The Morgan fingerprint density at radius 1 is 0.588 bits per heavy atom. The number of hydrogen-bond donors (Lipinski definition) is 0. The van der Waals surface area contributed by atoms with Crippen molar-refractivity contribution >= 4 is 77.1 Å². The van der Waals surface area contributed by atoms with E-state index in [0.29, 0.717) is 0 Å². The van der Waals surface area contributed by atoms with Crippen LogP contribution in [0.1, 0.15) is 0 Å². The minimum absolute atomic E-state index is 0.121. The molecule has 0 N–H and O–H groups in total. The van der Waals surface area contributed by atoms with Crippen molar-refractivity contribution in [3.05, 3.63) is 103 Å². The molecule has 4 heteroatoms. The first-order valence-corrected chi connectivity index (χ1v) is 12.6. The van der Waals surface area contributed by atoms with E-state index in [1.54, 1.807) is 0 Å². The Hall–Kier alpha value is -4.02. The molecule has 0 unspecified atom stereocenters. The lowest BCUT2D eigenvalue weighted by molar-refractivity contribution is 1.31. The molecule has 0 aliphatic carbocycles. The van der Waals surface area contributed by atoms with Crippen molar-refractivity contribution in [3.63, 3.8) is 0 Å². The first kappa shape index (κ1) is 17.5. The number of para-hydroxylation sites is 2.